The van der Waals surface area contributed by atoms with E-state index in [1.807, 2.05) is 7.05 Å². The van der Waals surface area contributed by atoms with Gasteiger partial charge in [0.2, 0.25) is 10.0 Å². The molecule has 1 aliphatic heterocycles. The van der Waals surface area contributed by atoms with Crippen molar-refractivity contribution in [3.05, 3.63) is 0 Å². The minimum Gasteiger partial charge on any atom is -0.320 e. The number of hydrogen-bond donors (Lipinski definition) is 2. The summed E-state index contributed by atoms with van der Waals surface area (Å²) < 4.78 is 26.2. The smallest absolute Gasteiger partial charge is 0.211 e. The molecule has 0 aromatic heterocycles. The van der Waals surface area contributed by atoms with E-state index in [1.165, 1.54) is 19.3 Å². The average Bonchev–Trinajstić information content (AvgIpc) is 2.42. The predicted molar refractivity (Wildman–Crippen MR) is 84.5 cm³/mol. The van der Waals surface area contributed by atoms with Crippen molar-refractivity contribution in [2.24, 2.45) is 0 Å². The zero-order valence-electron chi connectivity index (χ0n) is 13.0. The van der Waals surface area contributed by atoms with Gasteiger partial charge in [0, 0.05) is 12.6 Å². The molecule has 1 aliphatic rings. The number of sulfonamides is 1. The molecule has 1 unspecified atom stereocenters. The van der Waals surface area contributed by atoms with E-state index in [1.54, 1.807) is 0 Å². The molecule has 1 rings (SSSR count). The highest BCUT2D eigenvalue weighted by Crippen LogP contribution is 2.16. The molecule has 1 saturated heterocycles. The van der Waals surface area contributed by atoms with E-state index < -0.39 is 10.0 Å². The highest BCUT2D eigenvalue weighted by atomic mass is 32.2. The lowest BCUT2D eigenvalue weighted by Crippen LogP contribution is -2.39. The maximum atomic E-state index is 11.8. The molecule has 0 aromatic carbocycles. The SMILES string of the molecule is CNCCCCS(=O)(=O)NCCCN1CCCCC1C. The second-order valence-electron chi connectivity index (χ2n) is 5.76. The molecule has 120 valence electrons. The number of likely N-dealkylation sites (tertiary alicyclic amines) is 1. The Kier molecular flexibility index (Phi) is 8.68. The van der Waals surface area contributed by atoms with Gasteiger partial charge in [-0.2, -0.15) is 0 Å². The first-order valence-electron chi connectivity index (χ1n) is 7.91. The van der Waals surface area contributed by atoms with Gasteiger partial charge in [-0.25, -0.2) is 13.1 Å². The Morgan fingerprint density at radius 2 is 1.95 bits per heavy atom. The highest BCUT2D eigenvalue weighted by Gasteiger charge is 2.17. The van der Waals surface area contributed by atoms with E-state index in [0.29, 0.717) is 12.6 Å². The highest BCUT2D eigenvalue weighted by molar-refractivity contribution is 7.89. The van der Waals surface area contributed by atoms with Gasteiger partial charge in [0.05, 0.1) is 5.75 Å². The molecule has 2 N–H and O–H groups in total. The third-order valence-electron chi connectivity index (χ3n) is 3.97. The van der Waals surface area contributed by atoms with E-state index in [4.69, 9.17) is 0 Å². The summed E-state index contributed by atoms with van der Waals surface area (Å²) in [5.41, 5.74) is 0. The number of nitrogens with zero attached hydrogens (tertiary/aromatic N) is 1. The molecule has 0 saturated carbocycles. The average molecular weight is 305 g/mol. The number of piperidine rings is 1. The van der Waals surface area contributed by atoms with Crippen molar-refractivity contribution in [1.29, 1.82) is 0 Å². The summed E-state index contributed by atoms with van der Waals surface area (Å²) in [5, 5.41) is 3.03. The van der Waals surface area contributed by atoms with E-state index in [2.05, 4.69) is 21.9 Å². The zero-order valence-corrected chi connectivity index (χ0v) is 13.8. The van der Waals surface area contributed by atoms with Gasteiger partial charge < -0.3 is 10.2 Å². The van der Waals surface area contributed by atoms with E-state index in [-0.39, 0.29) is 5.75 Å². The van der Waals surface area contributed by atoms with Crippen LogP contribution in [0.4, 0.5) is 0 Å². The van der Waals surface area contributed by atoms with Crippen LogP contribution in [0.1, 0.15) is 45.4 Å². The van der Waals surface area contributed by atoms with Crippen molar-refractivity contribution < 1.29 is 8.42 Å². The molecule has 0 bridgehead atoms. The van der Waals surface area contributed by atoms with Gasteiger partial charge in [0.1, 0.15) is 0 Å². The van der Waals surface area contributed by atoms with Crippen LogP contribution in [0.5, 0.6) is 0 Å². The summed E-state index contributed by atoms with van der Waals surface area (Å²) >= 11 is 0. The second-order valence-corrected chi connectivity index (χ2v) is 7.68. The van der Waals surface area contributed by atoms with E-state index in [0.717, 1.165) is 38.9 Å². The van der Waals surface area contributed by atoms with Crippen LogP contribution < -0.4 is 10.0 Å². The molecule has 20 heavy (non-hydrogen) atoms. The van der Waals surface area contributed by atoms with E-state index in [9.17, 15) is 8.42 Å². The van der Waals surface area contributed by atoms with Crippen molar-refractivity contribution in [2.75, 3.05) is 39.0 Å². The molecular formula is C14H31N3O2S. The molecule has 0 aromatic rings. The zero-order chi connectivity index (χ0) is 14.8. The molecule has 5 nitrogen and oxygen atoms in total. The Morgan fingerprint density at radius 3 is 2.65 bits per heavy atom. The first-order valence-corrected chi connectivity index (χ1v) is 9.56. The normalized spacial score (nSPS) is 21.2. The summed E-state index contributed by atoms with van der Waals surface area (Å²) in [7, 11) is -1.19. The minimum atomic E-state index is -3.07. The van der Waals surface area contributed by atoms with Crippen LogP contribution in [0, 0.1) is 0 Å². The lowest BCUT2D eigenvalue weighted by atomic mass is 10.0. The van der Waals surface area contributed by atoms with Crippen molar-refractivity contribution in [3.63, 3.8) is 0 Å². The molecule has 1 fully saturated rings. The Bertz CT molecular complexity index is 346. The monoisotopic (exact) mass is 305 g/mol. The van der Waals surface area contributed by atoms with Crippen LogP contribution in [-0.2, 0) is 10.0 Å². The fourth-order valence-corrected chi connectivity index (χ4v) is 3.85. The maximum Gasteiger partial charge on any atom is 0.211 e. The lowest BCUT2D eigenvalue weighted by Gasteiger charge is -2.33. The van der Waals surface area contributed by atoms with Gasteiger partial charge in [-0.1, -0.05) is 6.42 Å². The third-order valence-corrected chi connectivity index (χ3v) is 5.44. The summed E-state index contributed by atoms with van der Waals surface area (Å²) in [6, 6.07) is 0.655. The number of unbranched alkanes of at least 4 members (excludes halogenated alkanes) is 1. The van der Waals surface area contributed by atoms with Gasteiger partial charge in [-0.15, -0.1) is 0 Å². The summed E-state index contributed by atoms with van der Waals surface area (Å²) in [6.45, 7) is 5.88. The third kappa shape index (κ3) is 7.57. The number of hydrogen-bond acceptors (Lipinski definition) is 4. The first kappa shape index (κ1) is 17.9. The van der Waals surface area contributed by atoms with Crippen molar-refractivity contribution in [3.8, 4) is 0 Å². The van der Waals surface area contributed by atoms with Gasteiger partial charge in [-0.3, -0.25) is 0 Å². The number of rotatable bonds is 10. The molecule has 6 heteroatoms. The second kappa shape index (κ2) is 9.71. The maximum absolute atomic E-state index is 11.8. The van der Waals surface area contributed by atoms with Crippen LogP contribution in [-0.4, -0.2) is 58.3 Å². The Labute approximate surface area is 124 Å². The molecular weight excluding hydrogens is 274 g/mol. The van der Waals surface area contributed by atoms with Crippen LogP contribution in [0.2, 0.25) is 0 Å². The minimum absolute atomic E-state index is 0.245. The first-order chi connectivity index (χ1) is 9.55. The summed E-state index contributed by atoms with van der Waals surface area (Å²) in [5.74, 6) is 0.245. The Balaban J connectivity index is 2.09. The molecule has 0 aliphatic carbocycles. The fourth-order valence-electron chi connectivity index (χ4n) is 2.67. The fraction of sp³-hybridized carbons (Fsp3) is 1.00. The van der Waals surface area contributed by atoms with Gasteiger partial charge in [-0.05, 0) is 65.7 Å². The number of nitrogens with one attached hydrogen (secondary N) is 2. The largest absolute Gasteiger partial charge is 0.320 e. The van der Waals surface area contributed by atoms with Crippen LogP contribution in [0.15, 0.2) is 0 Å². The Hall–Kier alpha value is -0.170. The van der Waals surface area contributed by atoms with Crippen LogP contribution in [0.3, 0.4) is 0 Å². The van der Waals surface area contributed by atoms with Crippen molar-refractivity contribution in [2.45, 2.75) is 51.5 Å². The predicted octanol–water partition coefficient (Wildman–Crippen LogP) is 1.17. The van der Waals surface area contributed by atoms with Crippen molar-refractivity contribution in [1.82, 2.24) is 14.9 Å². The Morgan fingerprint density at radius 1 is 1.15 bits per heavy atom. The van der Waals surface area contributed by atoms with Gasteiger partial charge >= 0.3 is 0 Å². The summed E-state index contributed by atoms with van der Waals surface area (Å²) in [4.78, 5) is 2.48. The molecule has 1 atom stereocenters. The topological polar surface area (TPSA) is 61.4 Å². The van der Waals surface area contributed by atoms with Gasteiger partial charge in [0.15, 0.2) is 0 Å². The van der Waals surface area contributed by atoms with Gasteiger partial charge in [0.25, 0.3) is 0 Å². The van der Waals surface area contributed by atoms with Crippen molar-refractivity contribution >= 4 is 10.0 Å². The summed E-state index contributed by atoms with van der Waals surface area (Å²) in [6.07, 6.45) is 6.41. The standard InChI is InChI=1S/C14H31N3O2S/c1-14-8-3-5-11-17(14)12-7-10-16-20(18,19)13-6-4-9-15-2/h14-16H,3-13H2,1-2H3. The molecule has 0 spiro atoms. The lowest BCUT2D eigenvalue weighted by molar-refractivity contribution is 0.159. The van der Waals surface area contributed by atoms with Crippen LogP contribution >= 0.6 is 0 Å². The molecule has 1 heterocycles. The molecule has 0 radical (unpaired) electrons. The molecule has 0 amide bonds. The van der Waals surface area contributed by atoms with Crippen LogP contribution in [0.25, 0.3) is 0 Å². The van der Waals surface area contributed by atoms with E-state index >= 15 is 0 Å². The quantitative estimate of drug-likeness (QED) is 0.595.